The van der Waals surface area contributed by atoms with Crippen LogP contribution in [-0.4, -0.2) is 15.3 Å². The number of nitrogens with one attached hydrogen (secondary N) is 2. The van der Waals surface area contributed by atoms with E-state index < -0.39 is 0 Å². The van der Waals surface area contributed by atoms with E-state index in [-0.39, 0.29) is 17.3 Å². The van der Waals surface area contributed by atoms with E-state index in [1.54, 1.807) is 6.07 Å². The standard InChI is InChI=1S/C11H8Cl2N4O/c12-8-1-6(10(18)9(13)2-8)4-15-11-7(3-14)5-16-17-11/h1-2,5,18H,4H2,(H2,15,16,17). The molecule has 2 aromatic rings. The van der Waals surface area contributed by atoms with E-state index in [9.17, 15) is 5.11 Å². The van der Waals surface area contributed by atoms with Crippen LogP contribution in [0.2, 0.25) is 10.0 Å². The number of nitriles is 1. The van der Waals surface area contributed by atoms with E-state index in [1.807, 2.05) is 6.07 Å². The molecule has 3 N–H and O–H groups in total. The Kier molecular flexibility index (Phi) is 3.60. The van der Waals surface area contributed by atoms with Crippen LogP contribution in [0.25, 0.3) is 0 Å². The van der Waals surface area contributed by atoms with Gasteiger partial charge < -0.3 is 10.4 Å². The third kappa shape index (κ3) is 2.50. The fourth-order valence-corrected chi connectivity index (χ4v) is 1.98. The van der Waals surface area contributed by atoms with Crippen LogP contribution in [0, 0.1) is 11.3 Å². The topological polar surface area (TPSA) is 84.7 Å². The maximum atomic E-state index is 9.76. The molecule has 0 aliphatic rings. The molecule has 0 aliphatic carbocycles. The number of phenolic OH excluding ortho intramolecular Hbond substituents is 1. The number of aromatic hydroxyl groups is 1. The fraction of sp³-hybridized carbons (Fsp3) is 0.0909. The molecular formula is C11H8Cl2N4O. The molecule has 1 aromatic heterocycles. The van der Waals surface area contributed by atoms with E-state index in [0.717, 1.165) is 0 Å². The van der Waals surface area contributed by atoms with Gasteiger partial charge in [0.1, 0.15) is 23.2 Å². The lowest BCUT2D eigenvalue weighted by Gasteiger charge is -2.08. The zero-order valence-electron chi connectivity index (χ0n) is 9.04. The number of aromatic nitrogens is 2. The molecule has 0 saturated heterocycles. The minimum absolute atomic E-state index is 0.0356. The first-order valence-electron chi connectivity index (χ1n) is 4.96. The Morgan fingerprint density at radius 1 is 1.44 bits per heavy atom. The fourth-order valence-electron chi connectivity index (χ4n) is 1.44. The average molecular weight is 283 g/mol. The van der Waals surface area contributed by atoms with Crippen molar-refractivity contribution in [3.05, 3.63) is 39.5 Å². The van der Waals surface area contributed by atoms with Crippen LogP contribution in [0.3, 0.4) is 0 Å². The van der Waals surface area contributed by atoms with Crippen molar-refractivity contribution >= 4 is 29.0 Å². The molecular weight excluding hydrogens is 275 g/mol. The minimum atomic E-state index is -0.0356. The molecule has 0 saturated carbocycles. The second-order valence-electron chi connectivity index (χ2n) is 3.52. The lowest BCUT2D eigenvalue weighted by molar-refractivity contribution is 0.469. The first-order chi connectivity index (χ1) is 8.61. The summed E-state index contributed by atoms with van der Waals surface area (Å²) < 4.78 is 0. The van der Waals surface area contributed by atoms with Gasteiger partial charge in [-0.05, 0) is 12.1 Å². The molecule has 0 atom stereocenters. The Morgan fingerprint density at radius 2 is 2.22 bits per heavy atom. The Labute approximate surface area is 113 Å². The molecule has 2 rings (SSSR count). The highest BCUT2D eigenvalue weighted by atomic mass is 35.5. The zero-order chi connectivity index (χ0) is 13.1. The molecule has 0 amide bonds. The SMILES string of the molecule is N#Cc1cn[nH]c1NCc1cc(Cl)cc(Cl)c1O. The van der Waals surface area contributed by atoms with Crippen LogP contribution in [0.15, 0.2) is 18.3 Å². The summed E-state index contributed by atoms with van der Waals surface area (Å²) in [7, 11) is 0. The quantitative estimate of drug-likeness (QED) is 0.808. The van der Waals surface area contributed by atoms with Gasteiger partial charge in [0.15, 0.2) is 0 Å². The lowest BCUT2D eigenvalue weighted by Crippen LogP contribution is -2.01. The molecule has 0 fully saturated rings. The number of nitrogens with zero attached hydrogens (tertiary/aromatic N) is 2. The Hall–Kier alpha value is -1.90. The van der Waals surface area contributed by atoms with Gasteiger partial charge in [-0.2, -0.15) is 10.4 Å². The van der Waals surface area contributed by atoms with E-state index >= 15 is 0 Å². The first kappa shape index (κ1) is 12.6. The van der Waals surface area contributed by atoms with Crippen molar-refractivity contribution in [3.8, 4) is 11.8 Å². The van der Waals surface area contributed by atoms with Crippen LogP contribution >= 0.6 is 23.2 Å². The normalized spacial score (nSPS) is 10.1. The van der Waals surface area contributed by atoms with Gasteiger partial charge in [-0.1, -0.05) is 23.2 Å². The maximum Gasteiger partial charge on any atom is 0.139 e. The molecule has 0 bridgehead atoms. The van der Waals surface area contributed by atoms with Crippen molar-refractivity contribution in [2.45, 2.75) is 6.54 Å². The number of hydrogen-bond acceptors (Lipinski definition) is 4. The smallest absolute Gasteiger partial charge is 0.139 e. The van der Waals surface area contributed by atoms with Gasteiger partial charge in [0.25, 0.3) is 0 Å². The predicted molar refractivity (Wildman–Crippen MR) is 68.8 cm³/mol. The van der Waals surface area contributed by atoms with Gasteiger partial charge in [0.05, 0.1) is 11.2 Å². The van der Waals surface area contributed by atoms with Gasteiger partial charge in [-0.25, -0.2) is 0 Å². The second-order valence-corrected chi connectivity index (χ2v) is 4.36. The van der Waals surface area contributed by atoms with Crippen molar-refractivity contribution in [1.82, 2.24) is 10.2 Å². The predicted octanol–water partition coefficient (Wildman–Crippen LogP) is 2.91. The summed E-state index contributed by atoms with van der Waals surface area (Å²) in [5, 5.41) is 28.5. The number of hydrogen-bond donors (Lipinski definition) is 3. The zero-order valence-corrected chi connectivity index (χ0v) is 10.5. The van der Waals surface area contributed by atoms with Gasteiger partial charge in [-0.15, -0.1) is 0 Å². The summed E-state index contributed by atoms with van der Waals surface area (Å²) in [4.78, 5) is 0. The molecule has 0 unspecified atom stereocenters. The monoisotopic (exact) mass is 282 g/mol. The number of anilines is 1. The van der Waals surface area contributed by atoms with Crippen molar-refractivity contribution < 1.29 is 5.11 Å². The average Bonchev–Trinajstić information content (AvgIpc) is 2.79. The number of phenols is 1. The Balaban J connectivity index is 2.19. The number of halogens is 2. The number of benzene rings is 1. The van der Waals surface area contributed by atoms with Crippen LogP contribution in [0.1, 0.15) is 11.1 Å². The van der Waals surface area contributed by atoms with Crippen LogP contribution in [0.4, 0.5) is 5.82 Å². The largest absolute Gasteiger partial charge is 0.506 e. The first-order valence-corrected chi connectivity index (χ1v) is 5.71. The molecule has 1 heterocycles. The maximum absolute atomic E-state index is 9.76. The Morgan fingerprint density at radius 3 is 2.94 bits per heavy atom. The van der Waals surface area contributed by atoms with Crippen molar-refractivity contribution in [3.63, 3.8) is 0 Å². The van der Waals surface area contributed by atoms with E-state index in [4.69, 9.17) is 28.5 Å². The van der Waals surface area contributed by atoms with Crippen molar-refractivity contribution in [1.29, 1.82) is 5.26 Å². The summed E-state index contributed by atoms with van der Waals surface area (Å²) in [5.41, 5.74) is 0.925. The Bertz CT molecular complexity index is 618. The van der Waals surface area contributed by atoms with Gasteiger partial charge in [0.2, 0.25) is 0 Å². The van der Waals surface area contributed by atoms with Gasteiger partial charge in [-0.3, -0.25) is 5.10 Å². The second kappa shape index (κ2) is 5.17. The highest BCUT2D eigenvalue weighted by Gasteiger charge is 2.09. The van der Waals surface area contributed by atoms with Crippen molar-refractivity contribution in [2.24, 2.45) is 0 Å². The molecule has 92 valence electrons. The molecule has 7 heteroatoms. The van der Waals surface area contributed by atoms with Crippen LogP contribution in [0.5, 0.6) is 5.75 Å². The molecule has 0 spiro atoms. The molecule has 0 aliphatic heterocycles. The van der Waals surface area contributed by atoms with Crippen LogP contribution in [-0.2, 0) is 6.54 Å². The van der Waals surface area contributed by atoms with E-state index in [1.165, 1.54) is 12.3 Å². The summed E-state index contributed by atoms with van der Waals surface area (Å²) in [6.07, 6.45) is 1.41. The van der Waals surface area contributed by atoms with E-state index in [2.05, 4.69) is 15.5 Å². The lowest BCUT2D eigenvalue weighted by atomic mass is 10.2. The van der Waals surface area contributed by atoms with Crippen molar-refractivity contribution in [2.75, 3.05) is 5.32 Å². The van der Waals surface area contributed by atoms with Gasteiger partial charge >= 0.3 is 0 Å². The highest BCUT2D eigenvalue weighted by Crippen LogP contribution is 2.31. The summed E-state index contributed by atoms with van der Waals surface area (Å²) in [6.45, 7) is 0.267. The summed E-state index contributed by atoms with van der Waals surface area (Å²) in [6, 6.07) is 5.03. The number of aromatic amines is 1. The molecule has 0 radical (unpaired) electrons. The third-order valence-corrected chi connectivity index (χ3v) is 2.83. The number of H-pyrrole nitrogens is 1. The highest BCUT2D eigenvalue weighted by molar-refractivity contribution is 6.35. The minimum Gasteiger partial charge on any atom is -0.506 e. The third-order valence-electron chi connectivity index (χ3n) is 2.32. The molecule has 18 heavy (non-hydrogen) atoms. The van der Waals surface area contributed by atoms with Gasteiger partial charge in [0, 0.05) is 17.1 Å². The number of rotatable bonds is 3. The summed E-state index contributed by atoms with van der Waals surface area (Å²) >= 11 is 11.6. The molecule has 1 aromatic carbocycles. The summed E-state index contributed by atoms with van der Waals surface area (Å²) in [5.74, 6) is 0.444. The van der Waals surface area contributed by atoms with E-state index in [0.29, 0.717) is 22.0 Å². The molecule has 5 nitrogen and oxygen atoms in total. The van der Waals surface area contributed by atoms with Crippen LogP contribution < -0.4 is 5.32 Å².